The standard InChI is InChI=1S/C49H35NO/c1-49(2)44-18-9-8-15-41(44)42-29-28-38(31-45(42)49)50(36-24-19-33(20-25-36)32-11-4-3-5-12-32)37-26-21-35(22-27-37)40-16-10-17-43-47-39-14-7-6-13-34(39)23-30-46(47)51-48(40)43/h3-31H,1-2H3/i6D,7D,10D,13D,14D,16D,17D,21D,22D,23D,26D,27D,30D. The highest BCUT2D eigenvalue weighted by Crippen LogP contribution is 2.51. The number of fused-ring (bicyclic) bond motifs is 8. The van der Waals surface area contributed by atoms with E-state index >= 15 is 0 Å². The minimum absolute atomic E-state index is 0.0932. The van der Waals surface area contributed by atoms with E-state index < -0.39 is 89.5 Å². The lowest BCUT2D eigenvalue weighted by Crippen LogP contribution is -2.16. The van der Waals surface area contributed by atoms with Crippen molar-refractivity contribution in [2.45, 2.75) is 19.3 Å². The maximum atomic E-state index is 9.67. The van der Waals surface area contributed by atoms with Crippen LogP contribution in [-0.4, -0.2) is 0 Å². The van der Waals surface area contributed by atoms with Crippen molar-refractivity contribution in [3.63, 3.8) is 0 Å². The first kappa shape index (κ1) is 19.1. The van der Waals surface area contributed by atoms with Gasteiger partial charge in [-0.15, -0.1) is 0 Å². The monoisotopic (exact) mass is 666 g/mol. The van der Waals surface area contributed by atoms with Crippen molar-refractivity contribution < 1.29 is 22.2 Å². The molecule has 0 saturated heterocycles. The Morgan fingerprint density at radius 3 is 2.06 bits per heavy atom. The van der Waals surface area contributed by atoms with E-state index in [0.29, 0.717) is 11.4 Å². The van der Waals surface area contributed by atoms with Gasteiger partial charge >= 0.3 is 0 Å². The average molecular weight is 667 g/mol. The summed E-state index contributed by atoms with van der Waals surface area (Å²) in [4.78, 5) is 1.68. The summed E-state index contributed by atoms with van der Waals surface area (Å²) in [5, 5.41) is -0.895. The number of nitrogens with zero attached hydrogens (tertiary/aromatic N) is 1. The summed E-state index contributed by atoms with van der Waals surface area (Å²) in [5.41, 5.74) is 5.32. The summed E-state index contributed by atoms with van der Waals surface area (Å²) in [7, 11) is 0. The van der Waals surface area contributed by atoms with Crippen molar-refractivity contribution in [3.05, 3.63) is 187 Å². The molecule has 0 unspecified atom stereocenters. The summed E-state index contributed by atoms with van der Waals surface area (Å²) >= 11 is 0. The van der Waals surface area contributed by atoms with Crippen LogP contribution in [0.25, 0.3) is 66.1 Å². The lowest BCUT2D eigenvalue weighted by Gasteiger charge is -2.28. The Bertz CT molecular complexity index is 3480. The second-order valence-electron chi connectivity index (χ2n) is 13.1. The SMILES string of the molecule is [2H]c1c([2H])c(N(c2ccc(-c3ccccc3)cc2)c2ccc3c(c2)C(C)(C)c2ccccc2-3)c([2H])c([2H])c1-c1c([2H])c([2H])c([2H])c2c1oc1c([2H])c([2H])c3c([2H])c([2H])c([2H])c([2H])c3c12. The quantitative estimate of drug-likeness (QED) is 0.182. The maximum Gasteiger partial charge on any atom is 0.143 e. The minimum Gasteiger partial charge on any atom is -0.455 e. The fourth-order valence-corrected chi connectivity index (χ4v) is 7.37. The molecule has 9 aromatic rings. The van der Waals surface area contributed by atoms with Crippen LogP contribution in [0, 0.1) is 0 Å². The first-order chi connectivity index (χ1) is 30.5. The van der Waals surface area contributed by atoms with Gasteiger partial charge in [-0.1, -0.05) is 147 Å². The Morgan fingerprint density at radius 1 is 0.510 bits per heavy atom. The van der Waals surface area contributed by atoms with Crippen molar-refractivity contribution >= 4 is 49.8 Å². The molecule has 0 atom stereocenters. The highest BCUT2D eigenvalue weighted by molar-refractivity contribution is 6.20. The number of furan rings is 1. The highest BCUT2D eigenvalue weighted by Gasteiger charge is 2.35. The smallest absolute Gasteiger partial charge is 0.143 e. The van der Waals surface area contributed by atoms with Gasteiger partial charge in [0.15, 0.2) is 0 Å². The Morgan fingerprint density at radius 2 is 1.22 bits per heavy atom. The molecule has 1 aliphatic rings. The second kappa shape index (κ2) is 11.3. The van der Waals surface area contributed by atoms with E-state index in [0.717, 1.165) is 33.4 Å². The molecule has 8 aromatic carbocycles. The van der Waals surface area contributed by atoms with Crippen molar-refractivity contribution in [3.8, 4) is 33.4 Å². The Labute approximate surface area is 316 Å². The van der Waals surface area contributed by atoms with Crippen molar-refractivity contribution in [2.75, 3.05) is 4.90 Å². The predicted molar refractivity (Wildman–Crippen MR) is 214 cm³/mol. The van der Waals surface area contributed by atoms with E-state index in [9.17, 15) is 5.48 Å². The lowest BCUT2D eigenvalue weighted by molar-refractivity contribution is 0.660. The van der Waals surface area contributed by atoms with Gasteiger partial charge in [0.1, 0.15) is 11.2 Å². The zero-order valence-corrected chi connectivity index (χ0v) is 27.6. The normalized spacial score (nSPS) is 16.6. The fourth-order valence-electron chi connectivity index (χ4n) is 7.37. The molecule has 1 aromatic heterocycles. The molecule has 1 aliphatic carbocycles. The molecule has 2 nitrogen and oxygen atoms in total. The van der Waals surface area contributed by atoms with Gasteiger partial charge in [0, 0.05) is 38.8 Å². The van der Waals surface area contributed by atoms with Crippen LogP contribution in [0.3, 0.4) is 0 Å². The van der Waals surface area contributed by atoms with Crippen LogP contribution in [0.1, 0.15) is 42.8 Å². The van der Waals surface area contributed by atoms with Gasteiger partial charge in [-0.3, -0.25) is 0 Å². The zero-order valence-electron chi connectivity index (χ0n) is 40.6. The van der Waals surface area contributed by atoms with Gasteiger partial charge in [-0.05, 0) is 92.1 Å². The first-order valence-electron chi connectivity index (χ1n) is 23.1. The molecule has 0 N–H and O–H groups in total. The molecule has 0 bridgehead atoms. The summed E-state index contributed by atoms with van der Waals surface area (Å²) in [6, 6.07) is 23.9. The number of hydrogen-bond donors (Lipinski definition) is 0. The molecule has 0 amide bonds. The van der Waals surface area contributed by atoms with Crippen LogP contribution in [0.15, 0.2) is 180 Å². The number of hydrogen-bond acceptors (Lipinski definition) is 2. The Kier molecular flexibility index (Phi) is 4.25. The van der Waals surface area contributed by atoms with Gasteiger partial charge < -0.3 is 9.32 Å². The van der Waals surface area contributed by atoms with Crippen LogP contribution in [0.4, 0.5) is 17.1 Å². The molecule has 242 valence electrons. The van der Waals surface area contributed by atoms with Crippen molar-refractivity contribution in [1.82, 2.24) is 0 Å². The molecule has 0 spiro atoms. The van der Waals surface area contributed by atoms with Gasteiger partial charge in [-0.2, -0.15) is 0 Å². The van der Waals surface area contributed by atoms with Crippen LogP contribution in [0.5, 0.6) is 0 Å². The molecule has 51 heavy (non-hydrogen) atoms. The summed E-state index contributed by atoms with van der Waals surface area (Å²) in [6.45, 7) is 4.27. The topological polar surface area (TPSA) is 16.4 Å². The second-order valence-corrected chi connectivity index (χ2v) is 13.1. The van der Waals surface area contributed by atoms with Crippen LogP contribution in [-0.2, 0) is 5.41 Å². The number of anilines is 3. The van der Waals surface area contributed by atoms with E-state index in [1.807, 2.05) is 84.9 Å². The van der Waals surface area contributed by atoms with Crippen molar-refractivity contribution in [2.24, 2.45) is 0 Å². The minimum atomic E-state index is -0.677. The molecule has 0 fully saturated rings. The molecular formula is C49H35NO. The average Bonchev–Trinajstić information content (AvgIpc) is 3.80. The molecule has 1 heterocycles. The maximum absolute atomic E-state index is 9.67. The van der Waals surface area contributed by atoms with E-state index in [-0.39, 0.29) is 44.0 Å². The molecule has 2 heteroatoms. The fraction of sp³-hybridized carbons (Fsp3) is 0.0612. The van der Waals surface area contributed by atoms with Gasteiger partial charge in [0.25, 0.3) is 0 Å². The van der Waals surface area contributed by atoms with Gasteiger partial charge in [0.2, 0.25) is 0 Å². The van der Waals surface area contributed by atoms with E-state index in [2.05, 4.69) is 26.0 Å². The lowest BCUT2D eigenvalue weighted by atomic mass is 9.82. The largest absolute Gasteiger partial charge is 0.455 e. The summed E-state index contributed by atoms with van der Waals surface area (Å²) in [6.07, 6.45) is 0. The van der Waals surface area contributed by atoms with Gasteiger partial charge in [-0.25, -0.2) is 0 Å². The predicted octanol–water partition coefficient (Wildman–Crippen LogP) is 13.8. The van der Waals surface area contributed by atoms with Crippen LogP contribution < -0.4 is 4.90 Å². The summed E-state index contributed by atoms with van der Waals surface area (Å²) in [5.74, 6) is 0. The number of rotatable bonds is 5. The first-order valence-corrected chi connectivity index (χ1v) is 16.6. The van der Waals surface area contributed by atoms with E-state index in [4.69, 9.17) is 16.8 Å². The third-order valence-electron chi connectivity index (χ3n) is 9.89. The Hall–Kier alpha value is -6.38. The number of para-hydroxylation sites is 1. The molecular weight excluding hydrogens is 619 g/mol. The molecule has 0 saturated carbocycles. The van der Waals surface area contributed by atoms with Crippen LogP contribution >= 0.6 is 0 Å². The van der Waals surface area contributed by atoms with Crippen LogP contribution in [0.2, 0.25) is 0 Å². The molecule has 0 radical (unpaired) electrons. The molecule has 10 rings (SSSR count). The van der Waals surface area contributed by atoms with E-state index in [1.165, 1.54) is 0 Å². The number of benzene rings is 8. The van der Waals surface area contributed by atoms with Gasteiger partial charge in [0.05, 0.1) is 17.8 Å². The summed E-state index contributed by atoms with van der Waals surface area (Å²) < 4.78 is 124. The highest BCUT2D eigenvalue weighted by atomic mass is 16.3. The zero-order chi connectivity index (χ0) is 45.4. The third-order valence-corrected chi connectivity index (χ3v) is 9.89. The van der Waals surface area contributed by atoms with Crippen molar-refractivity contribution in [1.29, 1.82) is 0 Å². The Balaban J connectivity index is 1.25. The third kappa shape index (κ3) is 4.64. The van der Waals surface area contributed by atoms with E-state index in [1.54, 1.807) is 4.90 Å². The molecule has 0 aliphatic heterocycles.